The Labute approximate surface area is 120 Å². The number of rotatable bonds is 8. The molecule has 0 saturated heterocycles. The van der Waals surface area contributed by atoms with E-state index in [1.165, 1.54) is 25.7 Å². The van der Waals surface area contributed by atoms with E-state index in [-0.39, 0.29) is 5.97 Å². The molecular formula is C15H25N3O2. The quantitative estimate of drug-likeness (QED) is 0.586. The van der Waals surface area contributed by atoms with Crippen molar-refractivity contribution in [1.82, 2.24) is 15.1 Å². The van der Waals surface area contributed by atoms with Crippen LogP contribution in [-0.4, -0.2) is 28.9 Å². The predicted molar refractivity (Wildman–Crippen MR) is 77.3 cm³/mol. The third-order valence-corrected chi connectivity index (χ3v) is 3.71. The smallest absolute Gasteiger partial charge is 0.305 e. The van der Waals surface area contributed by atoms with Crippen LogP contribution in [-0.2, 0) is 16.1 Å². The molecule has 0 unspecified atom stereocenters. The van der Waals surface area contributed by atoms with Gasteiger partial charge in [0.1, 0.15) is 0 Å². The van der Waals surface area contributed by atoms with Gasteiger partial charge in [0, 0.05) is 19.2 Å². The molecule has 5 nitrogen and oxygen atoms in total. The van der Waals surface area contributed by atoms with Gasteiger partial charge in [0.05, 0.1) is 18.3 Å². The molecule has 0 atom stereocenters. The molecule has 0 radical (unpaired) electrons. The van der Waals surface area contributed by atoms with Crippen molar-refractivity contribution in [2.24, 2.45) is 0 Å². The Morgan fingerprint density at radius 2 is 2.30 bits per heavy atom. The van der Waals surface area contributed by atoms with E-state index in [4.69, 9.17) is 4.74 Å². The summed E-state index contributed by atoms with van der Waals surface area (Å²) in [6.07, 6.45) is 8.55. The van der Waals surface area contributed by atoms with Crippen LogP contribution in [0.1, 0.15) is 57.2 Å². The van der Waals surface area contributed by atoms with Gasteiger partial charge in [0.2, 0.25) is 0 Å². The molecule has 0 amide bonds. The summed E-state index contributed by atoms with van der Waals surface area (Å²) in [5, 5.41) is 7.94. The van der Waals surface area contributed by atoms with Crippen LogP contribution in [0.4, 0.5) is 0 Å². The van der Waals surface area contributed by atoms with Crippen molar-refractivity contribution in [3.63, 3.8) is 0 Å². The highest BCUT2D eigenvalue weighted by Gasteiger charge is 2.17. The molecule has 112 valence electrons. The van der Waals surface area contributed by atoms with Gasteiger partial charge in [0.25, 0.3) is 0 Å². The van der Waals surface area contributed by atoms with Crippen molar-refractivity contribution in [1.29, 1.82) is 0 Å². The monoisotopic (exact) mass is 279 g/mol. The Balaban J connectivity index is 1.61. The number of ether oxygens (including phenoxy) is 1. The van der Waals surface area contributed by atoms with Gasteiger partial charge in [-0.05, 0) is 38.8 Å². The molecule has 20 heavy (non-hydrogen) atoms. The van der Waals surface area contributed by atoms with Crippen molar-refractivity contribution in [2.45, 2.75) is 58.0 Å². The first-order valence-electron chi connectivity index (χ1n) is 7.70. The fraction of sp³-hybridized carbons (Fsp3) is 0.733. The molecule has 0 aromatic carbocycles. The third kappa shape index (κ3) is 4.63. The minimum Gasteiger partial charge on any atom is -0.466 e. The van der Waals surface area contributed by atoms with E-state index in [0.717, 1.165) is 25.2 Å². The largest absolute Gasteiger partial charge is 0.466 e. The average Bonchev–Trinajstić information content (AvgIpc) is 3.09. The van der Waals surface area contributed by atoms with Crippen LogP contribution in [0.25, 0.3) is 0 Å². The molecule has 0 aliphatic heterocycles. The molecule has 1 aromatic heterocycles. The standard InChI is InChI=1S/C15H25N3O2/c1-2-20-15(19)8-5-10-16-12-13-9-11-18(17-13)14-6-3-4-7-14/h9,11,14,16H,2-8,10,12H2,1H3. The lowest BCUT2D eigenvalue weighted by Gasteiger charge is -2.09. The van der Waals surface area contributed by atoms with Crippen LogP contribution in [0.5, 0.6) is 0 Å². The second kappa shape index (κ2) is 8.04. The summed E-state index contributed by atoms with van der Waals surface area (Å²) in [4.78, 5) is 11.2. The topological polar surface area (TPSA) is 56.1 Å². The molecule has 1 N–H and O–H groups in total. The van der Waals surface area contributed by atoms with Crippen LogP contribution < -0.4 is 5.32 Å². The van der Waals surface area contributed by atoms with Gasteiger partial charge < -0.3 is 10.1 Å². The molecule has 1 aromatic rings. The molecule has 0 spiro atoms. The second-order valence-electron chi connectivity index (χ2n) is 5.31. The van der Waals surface area contributed by atoms with E-state index in [0.29, 0.717) is 19.1 Å². The maximum absolute atomic E-state index is 11.2. The van der Waals surface area contributed by atoms with Gasteiger partial charge >= 0.3 is 5.97 Å². The number of hydrogen-bond acceptors (Lipinski definition) is 4. The SMILES string of the molecule is CCOC(=O)CCCNCc1ccn(C2CCCC2)n1. The van der Waals surface area contributed by atoms with E-state index in [2.05, 4.69) is 27.4 Å². The van der Waals surface area contributed by atoms with Gasteiger partial charge in [-0.1, -0.05) is 12.8 Å². The summed E-state index contributed by atoms with van der Waals surface area (Å²) in [5.74, 6) is -0.111. The number of nitrogens with one attached hydrogen (secondary N) is 1. The summed E-state index contributed by atoms with van der Waals surface area (Å²) in [7, 11) is 0. The molecular weight excluding hydrogens is 254 g/mol. The summed E-state index contributed by atoms with van der Waals surface area (Å²) >= 11 is 0. The first kappa shape index (κ1) is 15.0. The zero-order valence-electron chi connectivity index (χ0n) is 12.3. The van der Waals surface area contributed by atoms with Crippen molar-refractivity contribution < 1.29 is 9.53 Å². The molecule has 0 bridgehead atoms. The van der Waals surface area contributed by atoms with Gasteiger partial charge in [-0.25, -0.2) is 0 Å². The summed E-state index contributed by atoms with van der Waals surface area (Å²) < 4.78 is 7.00. The number of carbonyl (C=O) groups is 1. The molecule has 1 aliphatic carbocycles. The van der Waals surface area contributed by atoms with Crippen LogP contribution in [0.15, 0.2) is 12.3 Å². The van der Waals surface area contributed by atoms with Crippen molar-refractivity contribution >= 4 is 5.97 Å². The van der Waals surface area contributed by atoms with Gasteiger partial charge in [-0.15, -0.1) is 0 Å². The maximum atomic E-state index is 11.2. The van der Waals surface area contributed by atoms with E-state index in [9.17, 15) is 4.79 Å². The Hall–Kier alpha value is -1.36. The van der Waals surface area contributed by atoms with Crippen LogP contribution >= 0.6 is 0 Å². The van der Waals surface area contributed by atoms with E-state index in [1.807, 2.05) is 6.92 Å². The fourth-order valence-electron chi connectivity index (χ4n) is 2.65. The van der Waals surface area contributed by atoms with Gasteiger partial charge in [-0.2, -0.15) is 5.10 Å². The number of aromatic nitrogens is 2. The Bertz CT molecular complexity index is 411. The van der Waals surface area contributed by atoms with Gasteiger partial charge in [-0.3, -0.25) is 9.48 Å². The molecule has 2 rings (SSSR count). The number of esters is 1. The van der Waals surface area contributed by atoms with Crippen molar-refractivity contribution in [3.8, 4) is 0 Å². The lowest BCUT2D eigenvalue weighted by Crippen LogP contribution is -2.17. The lowest BCUT2D eigenvalue weighted by atomic mass is 10.3. The molecule has 1 heterocycles. The van der Waals surface area contributed by atoms with E-state index in [1.54, 1.807) is 0 Å². The normalized spacial score (nSPS) is 15.7. The molecule has 1 aliphatic rings. The Morgan fingerprint density at radius 1 is 1.50 bits per heavy atom. The van der Waals surface area contributed by atoms with Crippen molar-refractivity contribution in [3.05, 3.63) is 18.0 Å². The third-order valence-electron chi connectivity index (χ3n) is 3.71. The number of carbonyl (C=O) groups excluding carboxylic acids is 1. The summed E-state index contributed by atoms with van der Waals surface area (Å²) in [6.45, 7) is 3.87. The van der Waals surface area contributed by atoms with Crippen LogP contribution in [0.2, 0.25) is 0 Å². The molecule has 5 heteroatoms. The van der Waals surface area contributed by atoms with Gasteiger partial charge in [0.15, 0.2) is 0 Å². The summed E-state index contributed by atoms with van der Waals surface area (Å²) in [5.41, 5.74) is 1.08. The Morgan fingerprint density at radius 3 is 3.05 bits per heavy atom. The Kier molecular flexibility index (Phi) is 6.05. The van der Waals surface area contributed by atoms with E-state index < -0.39 is 0 Å². The highest BCUT2D eigenvalue weighted by Crippen LogP contribution is 2.28. The first-order valence-corrected chi connectivity index (χ1v) is 7.70. The highest BCUT2D eigenvalue weighted by molar-refractivity contribution is 5.69. The zero-order valence-corrected chi connectivity index (χ0v) is 12.3. The first-order chi connectivity index (χ1) is 9.79. The maximum Gasteiger partial charge on any atom is 0.305 e. The minimum atomic E-state index is -0.111. The predicted octanol–water partition coefficient (Wildman–Crippen LogP) is 2.43. The molecule has 1 saturated carbocycles. The summed E-state index contributed by atoms with van der Waals surface area (Å²) in [6, 6.07) is 2.68. The number of hydrogen-bond donors (Lipinski definition) is 1. The van der Waals surface area contributed by atoms with Crippen LogP contribution in [0.3, 0.4) is 0 Å². The van der Waals surface area contributed by atoms with E-state index >= 15 is 0 Å². The van der Waals surface area contributed by atoms with Crippen molar-refractivity contribution in [2.75, 3.05) is 13.2 Å². The average molecular weight is 279 g/mol. The lowest BCUT2D eigenvalue weighted by molar-refractivity contribution is -0.143. The zero-order chi connectivity index (χ0) is 14.2. The van der Waals surface area contributed by atoms with Crippen LogP contribution in [0, 0.1) is 0 Å². The minimum absolute atomic E-state index is 0.111. The second-order valence-corrected chi connectivity index (χ2v) is 5.31. The fourth-order valence-corrected chi connectivity index (χ4v) is 2.65. The highest BCUT2D eigenvalue weighted by atomic mass is 16.5. The molecule has 1 fully saturated rings. The number of nitrogens with zero attached hydrogens (tertiary/aromatic N) is 2.